The summed E-state index contributed by atoms with van der Waals surface area (Å²) in [5, 5.41) is 2.70. The van der Waals surface area contributed by atoms with Gasteiger partial charge in [-0.25, -0.2) is 0 Å². The van der Waals surface area contributed by atoms with E-state index in [1.807, 2.05) is 11.4 Å². The van der Waals surface area contributed by atoms with Crippen LogP contribution in [0.2, 0.25) is 0 Å². The van der Waals surface area contributed by atoms with Gasteiger partial charge in [0.1, 0.15) is 13.2 Å². The quantitative estimate of drug-likeness (QED) is 0.488. The Balaban J connectivity index is 2.09. The Morgan fingerprint density at radius 1 is 0.762 bits per heavy atom. The minimum absolute atomic E-state index is 0.487. The summed E-state index contributed by atoms with van der Waals surface area (Å²) in [6.07, 6.45) is 0. The van der Waals surface area contributed by atoms with E-state index in [1.54, 1.807) is 14.2 Å². The maximum atomic E-state index is 5.62. The van der Waals surface area contributed by atoms with Gasteiger partial charge < -0.3 is 28.4 Å². The molecule has 0 bridgehead atoms. The molecular weight excluding hydrogens is 296 g/mol. The smallest absolute Gasteiger partial charge is 0.217 e. The topological polar surface area (TPSA) is 55.4 Å². The van der Waals surface area contributed by atoms with Gasteiger partial charge in [0.2, 0.25) is 5.06 Å². The molecular formula is C14H24O6S. The van der Waals surface area contributed by atoms with Gasteiger partial charge in [0.25, 0.3) is 0 Å². The number of hydrogen-bond acceptors (Lipinski definition) is 7. The summed E-state index contributed by atoms with van der Waals surface area (Å²) in [5.74, 6) is 0.743. The molecule has 0 spiro atoms. The van der Waals surface area contributed by atoms with E-state index >= 15 is 0 Å². The molecule has 0 aliphatic rings. The molecule has 1 rings (SSSR count). The zero-order chi connectivity index (χ0) is 15.2. The first-order valence-corrected chi connectivity index (χ1v) is 7.73. The van der Waals surface area contributed by atoms with Crippen molar-refractivity contribution in [2.45, 2.75) is 0 Å². The first kappa shape index (κ1) is 18.2. The third-order valence-electron chi connectivity index (χ3n) is 2.41. The number of thiophene rings is 1. The summed E-state index contributed by atoms with van der Waals surface area (Å²) < 4.78 is 31.7. The maximum absolute atomic E-state index is 5.62. The van der Waals surface area contributed by atoms with Gasteiger partial charge in [0.15, 0.2) is 5.75 Å². The summed E-state index contributed by atoms with van der Waals surface area (Å²) >= 11 is 1.50. The highest BCUT2D eigenvalue weighted by atomic mass is 32.1. The number of hydrogen-bond donors (Lipinski definition) is 0. The monoisotopic (exact) mass is 320 g/mol. The molecule has 0 saturated carbocycles. The normalized spacial score (nSPS) is 10.8. The summed E-state index contributed by atoms with van der Waals surface area (Å²) in [5.41, 5.74) is 0. The van der Waals surface area contributed by atoms with Gasteiger partial charge in [0.05, 0.1) is 39.6 Å². The van der Waals surface area contributed by atoms with E-state index in [2.05, 4.69) is 0 Å². The zero-order valence-electron chi connectivity index (χ0n) is 12.7. The fraction of sp³-hybridized carbons (Fsp3) is 0.714. The van der Waals surface area contributed by atoms with Crippen LogP contribution in [0.1, 0.15) is 0 Å². The van der Waals surface area contributed by atoms with E-state index in [4.69, 9.17) is 28.4 Å². The van der Waals surface area contributed by atoms with Crippen molar-refractivity contribution in [3.63, 3.8) is 0 Å². The molecule has 0 unspecified atom stereocenters. The lowest BCUT2D eigenvalue weighted by atomic mass is 10.5. The minimum atomic E-state index is 0.487. The van der Waals surface area contributed by atoms with Crippen LogP contribution in [0.3, 0.4) is 0 Å². The van der Waals surface area contributed by atoms with Gasteiger partial charge in [-0.3, -0.25) is 0 Å². The van der Waals surface area contributed by atoms with E-state index in [1.165, 1.54) is 11.3 Å². The van der Waals surface area contributed by atoms with Gasteiger partial charge in [-0.05, 0) is 11.4 Å². The van der Waals surface area contributed by atoms with Crippen molar-refractivity contribution in [3.05, 3.63) is 11.4 Å². The molecule has 0 aliphatic heterocycles. The molecule has 0 amide bonds. The summed E-state index contributed by atoms with van der Waals surface area (Å²) in [4.78, 5) is 0. The fourth-order valence-corrected chi connectivity index (χ4v) is 2.10. The summed E-state index contributed by atoms with van der Waals surface area (Å²) in [7, 11) is 3.29. The van der Waals surface area contributed by atoms with E-state index in [9.17, 15) is 0 Å². The SMILES string of the molecule is COCCOCCOc1ccsc1OCCOCCOC. The number of rotatable bonds is 14. The molecule has 21 heavy (non-hydrogen) atoms. The molecule has 122 valence electrons. The third kappa shape index (κ3) is 8.90. The van der Waals surface area contributed by atoms with Crippen LogP contribution < -0.4 is 9.47 Å². The first-order chi connectivity index (χ1) is 10.4. The van der Waals surface area contributed by atoms with Crippen molar-refractivity contribution in [1.29, 1.82) is 0 Å². The van der Waals surface area contributed by atoms with Gasteiger partial charge in [0, 0.05) is 14.2 Å². The Labute approximate surface area is 129 Å². The highest BCUT2D eigenvalue weighted by Crippen LogP contribution is 2.33. The Hall–Kier alpha value is -0.860. The second-order valence-electron chi connectivity index (χ2n) is 3.98. The molecule has 1 aromatic rings. The Bertz CT molecular complexity index is 313. The van der Waals surface area contributed by atoms with Gasteiger partial charge in [-0.2, -0.15) is 0 Å². The van der Waals surface area contributed by atoms with Crippen LogP contribution in [0.4, 0.5) is 0 Å². The largest absolute Gasteiger partial charge is 0.486 e. The van der Waals surface area contributed by atoms with Crippen LogP contribution in [0.25, 0.3) is 0 Å². The van der Waals surface area contributed by atoms with Crippen LogP contribution in [0, 0.1) is 0 Å². The van der Waals surface area contributed by atoms with Crippen LogP contribution in [0.5, 0.6) is 10.8 Å². The standard InChI is InChI=1S/C14H24O6S/c1-15-4-6-17-8-10-19-13-3-12-21-14(13)20-11-9-18-7-5-16-2/h3,12H,4-11H2,1-2H3. The zero-order valence-corrected chi connectivity index (χ0v) is 13.5. The van der Waals surface area contributed by atoms with Crippen LogP contribution in [-0.4, -0.2) is 67.1 Å². The highest BCUT2D eigenvalue weighted by molar-refractivity contribution is 7.12. The van der Waals surface area contributed by atoms with E-state index in [0.29, 0.717) is 52.9 Å². The Kier molecular flexibility index (Phi) is 11.1. The molecule has 1 aromatic heterocycles. The van der Waals surface area contributed by atoms with Crippen molar-refractivity contribution in [1.82, 2.24) is 0 Å². The van der Waals surface area contributed by atoms with Crippen molar-refractivity contribution < 1.29 is 28.4 Å². The molecule has 6 nitrogen and oxygen atoms in total. The molecule has 0 fully saturated rings. The Morgan fingerprint density at radius 2 is 1.33 bits per heavy atom. The summed E-state index contributed by atoms with van der Waals surface area (Å²) in [6, 6.07) is 1.89. The van der Waals surface area contributed by atoms with Crippen molar-refractivity contribution in [3.8, 4) is 10.8 Å². The molecule has 0 aliphatic carbocycles. The number of ether oxygens (including phenoxy) is 6. The van der Waals surface area contributed by atoms with Crippen LogP contribution >= 0.6 is 11.3 Å². The molecule has 0 N–H and O–H groups in total. The minimum Gasteiger partial charge on any atom is -0.486 e. The van der Waals surface area contributed by atoms with Crippen molar-refractivity contribution in [2.24, 2.45) is 0 Å². The molecule has 0 radical (unpaired) electrons. The average molecular weight is 320 g/mol. The molecule has 7 heteroatoms. The average Bonchev–Trinajstić information content (AvgIpc) is 2.94. The number of methoxy groups -OCH3 is 2. The van der Waals surface area contributed by atoms with Gasteiger partial charge >= 0.3 is 0 Å². The fourth-order valence-electron chi connectivity index (χ4n) is 1.39. The lowest BCUT2D eigenvalue weighted by molar-refractivity contribution is 0.0505. The first-order valence-electron chi connectivity index (χ1n) is 6.85. The molecule has 0 saturated heterocycles. The van der Waals surface area contributed by atoms with E-state index < -0.39 is 0 Å². The van der Waals surface area contributed by atoms with Gasteiger partial charge in [-0.1, -0.05) is 0 Å². The molecule has 1 heterocycles. The van der Waals surface area contributed by atoms with E-state index in [-0.39, 0.29) is 0 Å². The summed E-state index contributed by atoms with van der Waals surface area (Å²) in [6.45, 7) is 4.37. The highest BCUT2D eigenvalue weighted by Gasteiger charge is 2.06. The second-order valence-corrected chi connectivity index (χ2v) is 4.86. The second kappa shape index (κ2) is 12.8. The lowest BCUT2D eigenvalue weighted by Gasteiger charge is -2.09. The van der Waals surface area contributed by atoms with Crippen LogP contribution in [-0.2, 0) is 18.9 Å². The van der Waals surface area contributed by atoms with Gasteiger partial charge in [-0.15, -0.1) is 11.3 Å². The maximum Gasteiger partial charge on any atom is 0.217 e. The van der Waals surface area contributed by atoms with Crippen molar-refractivity contribution >= 4 is 11.3 Å². The predicted octanol–water partition coefficient (Wildman–Crippen LogP) is 1.83. The Morgan fingerprint density at radius 3 is 1.95 bits per heavy atom. The van der Waals surface area contributed by atoms with E-state index in [0.717, 1.165) is 10.8 Å². The lowest BCUT2D eigenvalue weighted by Crippen LogP contribution is -2.11. The van der Waals surface area contributed by atoms with Crippen molar-refractivity contribution in [2.75, 3.05) is 67.1 Å². The molecule has 0 atom stereocenters. The molecule has 0 aromatic carbocycles. The van der Waals surface area contributed by atoms with Crippen LogP contribution in [0.15, 0.2) is 11.4 Å². The third-order valence-corrected chi connectivity index (χ3v) is 3.21. The predicted molar refractivity (Wildman–Crippen MR) is 80.7 cm³/mol.